The van der Waals surface area contributed by atoms with Crippen molar-refractivity contribution in [1.82, 2.24) is 10.4 Å². The van der Waals surface area contributed by atoms with Gasteiger partial charge in [0.25, 0.3) is 0 Å². The third kappa shape index (κ3) is 3.91. The fraction of sp³-hybridized carbons (Fsp3) is 0.533. The quantitative estimate of drug-likeness (QED) is 0.810. The molecule has 0 unspecified atom stereocenters. The Kier molecular flexibility index (Phi) is 4.77. The molecule has 1 heterocycles. The van der Waals surface area contributed by atoms with Crippen LogP contribution in [0.5, 0.6) is 0 Å². The molecule has 0 aromatic heterocycles. The Balaban J connectivity index is 1.91. The van der Waals surface area contributed by atoms with E-state index >= 15 is 0 Å². The van der Waals surface area contributed by atoms with Crippen LogP contribution in [0.1, 0.15) is 38.7 Å². The van der Waals surface area contributed by atoms with E-state index in [9.17, 15) is 0 Å². The van der Waals surface area contributed by atoms with Crippen molar-refractivity contribution in [2.75, 3.05) is 5.32 Å². The second-order valence-corrected chi connectivity index (χ2v) is 5.88. The Morgan fingerprint density at radius 1 is 1.16 bits per heavy atom. The number of hydrogen-bond donors (Lipinski definition) is 2. The Morgan fingerprint density at radius 2 is 1.74 bits per heavy atom. The highest BCUT2D eigenvalue weighted by molar-refractivity contribution is 7.80. The van der Waals surface area contributed by atoms with Crippen LogP contribution >= 0.6 is 12.2 Å². The van der Waals surface area contributed by atoms with Gasteiger partial charge in [-0.25, -0.2) is 5.01 Å². The average molecular weight is 277 g/mol. The minimum Gasteiger partial charge on any atom is -0.332 e. The van der Waals surface area contributed by atoms with Gasteiger partial charge in [0.15, 0.2) is 5.11 Å². The third-order valence-electron chi connectivity index (χ3n) is 3.73. The van der Waals surface area contributed by atoms with Gasteiger partial charge in [-0.3, -0.25) is 5.43 Å². The number of benzene rings is 1. The zero-order valence-corrected chi connectivity index (χ0v) is 12.8. The molecule has 1 fully saturated rings. The first-order valence-electron chi connectivity index (χ1n) is 6.99. The summed E-state index contributed by atoms with van der Waals surface area (Å²) >= 11 is 5.39. The van der Waals surface area contributed by atoms with Crippen molar-refractivity contribution in [3.8, 4) is 0 Å². The molecule has 0 radical (unpaired) electrons. The van der Waals surface area contributed by atoms with Crippen LogP contribution in [0.4, 0.5) is 5.69 Å². The first kappa shape index (κ1) is 14.3. The standard InChI is InChI=1S/C15H23N3S/c1-11-7-9-14(10-8-11)16-15(19)17-18-12(2)5-4-6-13(18)3/h7-10,12-13H,4-6H2,1-3H3,(H2,16,17,19)/t12-,13+. The Labute approximate surface area is 121 Å². The number of nitrogens with zero attached hydrogens (tertiary/aromatic N) is 1. The molecule has 0 bridgehead atoms. The molecular formula is C15H23N3S. The summed E-state index contributed by atoms with van der Waals surface area (Å²) in [6.07, 6.45) is 3.76. The molecule has 104 valence electrons. The molecule has 2 N–H and O–H groups in total. The molecule has 0 amide bonds. The number of nitrogens with one attached hydrogen (secondary N) is 2. The van der Waals surface area contributed by atoms with Crippen molar-refractivity contribution >= 4 is 23.0 Å². The number of aryl methyl sites for hydroxylation is 1. The summed E-state index contributed by atoms with van der Waals surface area (Å²) in [6, 6.07) is 9.32. The number of hydrazine groups is 1. The summed E-state index contributed by atoms with van der Waals surface area (Å²) in [7, 11) is 0. The molecular weight excluding hydrogens is 254 g/mol. The fourth-order valence-electron chi connectivity index (χ4n) is 2.55. The van der Waals surface area contributed by atoms with Gasteiger partial charge in [0.05, 0.1) is 0 Å². The van der Waals surface area contributed by atoms with Gasteiger partial charge in [0.2, 0.25) is 0 Å². The van der Waals surface area contributed by atoms with Crippen LogP contribution in [0.2, 0.25) is 0 Å². The maximum absolute atomic E-state index is 5.39. The monoisotopic (exact) mass is 277 g/mol. The summed E-state index contributed by atoms with van der Waals surface area (Å²) in [5.41, 5.74) is 5.62. The molecule has 2 atom stereocenters. The van der Waals surface area contributed by atoms with Gasteiger partial charge in [-0.05, 0) is 58.0 Å². The molecule has 1 aliphatic heterocycles. The molecule has 0 aliphatic carbocycles. The molecule has 0 spiro atoms. The second-order valence-electron chi connectivity index (χ2n) is 5.47. The lowest BCUT2D eigenvalue weighted by Crippen LogP contribution is -2.55. The topological polar surface area (TPSA) is 27.3 Å². The van der Waals surface area contributed by atoms with E-state index in [0.717, 1.165) is 5.69 Å². The minimum atomic E-state index is 0.529. The van der Waals surface area contributed by atoms with Crippen LogP contribution in [0, 0.1) is 6.92 Å². The average Bonchev–Trinajstić information content (AvgIpc) is 2.37. The number of piperidine rings is 1. The number of hydrogen-bond acceptors (Lipinski definition) is 2. The van der Waals surface area contributed by atoms with Gasteiger partial charge in [0, 0.05) is 17.8 Å². The van der Waals surface area contributed by atoms with Crippen LogP contribution < -0.4 is 10.7 Å². The normalized spacial score (nSPS) is 23.9. The van der Waals surface area contributed by atoms with Gasteiger partial charge >= 0.3 is 0 Å². The molecule has 1 saturated heterocycles. The lowest BCUT2D eigenvalue weighted by molar-refractivity contribution is 0.0750. The molecule has 1 aliphatic rings. The lowest BCUT2D eigenvalue weighted by atomic mass is 10.00. The molecule has 0 saturated carbocycles. The van der Waals surface area contributed by atoms with Gasteiger partial charge < -0.3 is 5.32 Å². The van der Waals surface area contributed by atoms with E-state index in [1.165, 1.54) is 24.8 Å². The van der Waals surface area contributed by atoms with Crippen LogP contribution in [-0.4, -0.2) is 22.2 Å². The first-order valence-corrected chi connectivity index (χ1v) is 7.39. The van der Waals surface area contributed by atoms with Crippen molar-refractivity contribution in [2.24, 2.45) is 0 Å². The fourth-order valence-corrected chi connectivity index (χ4v) is 2.78. The Morgan fingerprint density at radius 3 is 2.32 bits per heavy atom. The highest BCUT2D eigenvalue weighted by atomic mass is 32.1. The zero-order valence-electron chi connectivity index (χ0n) is 11.9. The zero-order chi connectivity index (χ0) is 13.8. The highest BCUT2D eigenvalue weighted by Crippen LogP contribution is 2.20. The third-order valence-corrected chi connectivity index (χ3v) is 3.93. The van der Waals surface area contributed by atoms with Crippen LogP contribution in [0.3, 0.4) is 0 Å². The molecule has 2 rings (SSSR count). The number of thiocarbonyl (C=S) groups is 1. The number of anilines is 1. The van der Waals surface area contributed by atoms with E-state index in [4.69, 9.17) is 12.2 Å². The maximum Gasteiger partial charge on any atom is 0.185 e. The highest BCUT2D eigenvalue weighted by Gasteiger charge is 2.25. The summed E-state index contributed by atoms with van der Waals surface area (Å²) in [4.78, 5) is 0. The SMILES string of the molecule is Cc1ccc(NC(=S)NN2[C@H](C)CCC[C@@H]2C)cc1. The Hall–Kier alpha value is -1.13. The number of rotatable bonds is 2. The van der Waals surface area contributed by atoms with Gasteiger partial charge in [-0.15, -0.1) is 0 Å². The second kappa shape index (κ2) is 6.35. The van der Waals surface area contributed by atoms with E-state index in [-0.39, 0.29) is 0 Å². The van der Waals surface area contributed by atoms with Gasteiger partial charge in [0.1, 0.15) is 0 Å². The van der Waals surface area contributed by atoms with E-state index in [1.807, 2.05) is 12.1 Å². The van der Waals surface area contributed by atoms with Crippen molar-refractivity contribution in [3.05, 3.63) is 29.8 Å². The van der Waals surface area contributed by atoms with E-state index in [2.05, 4.69) is 48.7 Å². The van der Waals surface area contributed by atoms with Crippen molar-refractivity contribution in [1.29, 1.82) is 0 Å². The van der Waals surface area contributed by atoms with Crippen molar-refractivity contribution in [3.63, 3.8) is 0 Å². The molecule has 3 nitrogen and oxygen atoms in total. The first-order chi connectivity index (χ1) is 9.06. The van der Waals surface area contributed by atoms with E-state index < -0.39 is 0 Å². The van der Waals surface area contributed by atoms with Gasteiger partial charge in [-0.1, -0.05) is 24.1 Å². The molecule has 1 aromatic carbocycles. The predicted octanol–water partition coefficient (Wildman–Crippen LogP) is 3.46. The van der Waals surface area contributed by atoms with Gasteiger partial charge in [-0.2, -0.15) is 0 Å². The summed E-state index contributed by atoms with van der Waals surface area (Å²) in [6.45, 7) is 6.58. The molecule has 19 heavy (non-hydrogen) atoms. The largest absolute Gasteiger partial charge is 0.332 e. The summed E-state index contributed by atoms with van der Waals surface area (Å²) in [5.74, 6) is 0. The molecule has 4 heteroatoms. The molecule has 1 aromatic rings. The van der Waals surface area contributed by atoms with E-state index in [1.54, 1.807) is 0 Å². The smallest absolute Gasteiger partial charge is 0.185 e. The maximum atomic E-state index is 5.39. The van der Waals surface area contributed by atoms with Crippen LogP contribution in [0.15, 0.2) is 24.3 Å². The minimum absolute atomic E-state index is 0.529. The summed E-state index contributed by atoms with van der Waals surface area (Å²) < 4.78 is 0. The van der Waals surface area contributed by atoms with Crippen LogP contribution in [0.25, 0.3) is 0 Å². The summed E-state index contributed by atoms with van der Waals surface area (Å²) in [5, 5.41) is 6.18. The van der Waals surface area contributed by atoms with Crippen LogP contribution in [-0.2, 0) is 0 Å². The lowest BCUT2D eigenvalue weighted by Gasteiger charge is -2.39. The van der Waals surface area contributed by atoms with Crippen molar-refractivity contribution in [2.45, 2.75) is 52.1 Å². The van der Waals surface area contributed by atoms with Crippen molar-refractivity contribution < 1.29 is 0 Å². The predicted molar refractivity (Wildman–Crippen MR) is 85.1 cm³/mol. The van der Waals surface area contributed by atoms with E-state index in [0.29, 0.717) is 17.2 Å². The Bertz CT molecular complexity index is 420.